The van der Waals surface area contributed by atoms with Gasteiger partial charge in [-0.2, -0.15) is 0 Å². The van der Waals surface area contributed by atoms with Gasteiger partial charge in [-0.1, -0.05) is 12.1 Å². The van der Waals surface area contributed by atoms with Gasteiger partial charge in [0.05, 0.1) is 12.8 Å². The molecule has 1 saturated heterocycles. The molecule has 2 aliphatic rings. The molecule has 0 bridgehead atoms. The van der Waals surface area contributed by atoms with E-state index in [1.807, 2.05) is 29.3 Å². The molecule has 4 rings (SSSR count). The van der Waals surface area contributed by atoms with Crippen molar-refractivity contribution in [2.75, 3.05) is 33.3 Å². The Labute approximate surface area is 166 Å². The second kappa shape index (κ2) is 8.61. The van der Waals surface area contributed by atoms with Gasteiger partial charge < -0.3 is 15.0 Å². The topological polar surface area (TPSA) is 57.7 Å². The van der Waals surface area contributed by atoms with Crippen molar-refractivity contribution in [3.63, 3.8) is 0 Å². The number of aryl methyl sites for hydroxylation is 2. The number of aromatic nitrogens is 1. The van der Waals surface area contributed by atoms with Gasteiger partial charge in [0.1, 0.15) is 5.75 Å². The van der Waals surface area contributed by atoms with Crippen LogP contribution in [-0.2, 0) is 25.9 Å². The van der Waals surface area contributed by atoms with Crippen LogP contribution in [-0.4, -0.2) is 54.1 Å². The van der Waals surface area contributed by atoms with Gasteiger partial charge in [-0.25, -0.2) is 4.79 Å². The van der Waals surface area contributed by atoms with Crippen molar-refractivity contribution in [3.05, 3.63) is 58.9 Å². The van der Waals surface area contributed by atoms with Crippen LogP contribution in [0.2, 0.25) is 0 Å². The summed E-state index contributed by atoms with van der Waals surface area (Å²) in [5.41, 5.74) is 4.92. The summed E-state index contributed by atoms with van der Waals surface area (Å²) in [6.45, 7) is 4.55. The molecule has 1 aliphatic heterocycles. The van der Waals surface area contributed by atoms with E-state index in [2.05, 4.69) is 27.3 Å². The fourth-order valence-corrected chi connectivity index (χ4v) is 4.09. The number of amides is 2. The van der Waals surface area contributed by atoms with Crippen molar-refractivity contribution in [3.8, 4) is 5.75 Å². The lowest BCUT2D eigenvalue weighted by Crippen LogP contribution is -2.51. The molecule has 1 fully saturated rings. The zero-order valence-electron chi connectivity index (χ0n) is 16.5. The van der Waals surface area contributed by atoms with Crippen molar-refractivity contribution in [2.24, 2.45) is 0 Å². The summed E-state index contributed by atoms with van der Waals surface area (Å²) in [5.74, 6) is 0.876. The van der Waals surface area contributed by atoms with E-state index in [-0.39, 0.29) is 6.03 Å². The SMILES string of the molecule is COc1cc2c(cc1CNC(=O)N1CCN(Cc3ccccn3)CC1)CCC2. The number of nitrogens with one attached hydrogen (secondary N) is 1. The summed E-state index contributed by atoms with van der Waals surface area (Å²) < 4.78 is 5.54. The van der Waals surface area contributed by atoms with Crippen molar-refractivity contribution in [2.45, 2.75) is 32.4 Å². The van der Waals surface area contributed by atoms with Crippen LogP contribution < -0.4 is 10.1 Å². The molecule has 2 heterocycles. The number of nitrogens with zero attached hydrogens (tertiary/aromatic N) is 3. The number of piperazine rings is 1. The molecule has 6 nitrogen and oxygen atoms in total. The Morgan fingerprint density at radius 2 is 1.93 bits per heavy atom. The summed E-state index contributed by atoms with van der Waals surface area (Å²) in [5, 5.41) is 3.08. The average Bonchev–Trinajstić information content (AvgIpc) is 3.20. The highest BCUT2D eigenvalue weighted by molar-refractivity contribution is 5.74. The molecular formula is C22H28N4O2. The quantitative estimate of drug-likeness (QED) is 0.866. The lowest BCUT2D eigenvalue weighted by atomic mass is 10.1. The number of ether oxygens (including phenoxy) is 1. The van der Waals surface area contributed by atoms with Crippen LogP contribution in [0.15, 0.2) is 36.5 Å². The lowest BCUT2D eigenvalue weighted by molar-refractivity contribution is 0.134. The summed E-state index contributed by atoms with van der Waals surface area (Å²) in [4.78, 5) is 21.2. The summed E-state index contributed by atoms with van der Waals surface area (Å²) in [6, 6.07) is 10.3. The monoisotopic (exact) mass is 380 g/mol. The van der Waals surface area contributed by atoms with Crippen LogP contribution in [0.3, 0.4) is 0 Å². The molecule has 1 aliphatic carbocycles. The average molecular weight is 380 g/mol. The zero-order chi connectivity index (χ0) is 19.3. The van der Waals surface area contributed by atoms with E-state index in [4.69, 9.17) is 4.74 Å². The molecule has 6 heteroatoms. The number of hydrogen-bond acceptors (Lipinski definition) is 4. The maximum absolute atomic E-state index is 12.6. The third kappa shape index (κ3) is 4.28. The Morgan fingerprint density at radius 3 is 2.64 bits per heavy atom. The predicted molar refractivity (Wildman–Crippen MR) is 108 cm³/mol. The van der Waals surface area contributed by atoms with Crippen LogP contribution in [0.5, 0.6) is 5.75 Å². The number of urea groups is 1. The number of carbonyl (C=O) groups is 1. The first kappa shape index (κ1) is 18.7. The van der Waals surface area contributed by atoms with Gasteiger partial charge in [0.2, 0.25) is 0 Å². The largest absolute Gasteiger partial charge is 0.496 e. The van der Waals surface area contributed by atoms with Gasteiger partial charge in [0.15, 0.2) is 0 Å². The first-order valence-corrected chi connectivity index (χ1v) is 10.1. The first-order valence-electron chi connectivity index (χ1n) is 10.1. The standard InChI is InChI=1S/C22H28N4O2/c1-28-21-14-18-6-4-5-17(18)13-19(21)15-24-22(27)26-11-9-25(10-12-26)16-20-7-2-3-8-23-20/h2-3,7-8,13-14H,4-6,9-12,15-16H2,1H3,(H,24,27). The Hall–Kier alpha value is -2.60. The maximum Gasteiger partial charge on any atom is 0.317 e. The number of fused-ring (bicyclic) bond motifs is 1. The van der Waals surface area contributed by atoms with Crippen LogP contribution in [0.4, 0.5) is 4.79 Å². The molecule has 1 aromatic heterocycles. The van der Waals surface area contributed by atoms with Gasteiger partial charge in [-0.15, -0.1) is 0 Å². The molecule has 0 radical (unpaired) electrons. The van der Waals surface area contributed by atoms with E-state index in [9.17, 15) is 4.79 Å². The number of carbonyl (C=O) groups excluding carboxylic acids is 1. The highest BCUT2D eigenvalue weighted by Gasteiger charge is 2.22. The number of methoxy groups -OCH3 is 1. The lowest BCUT2D eigenvalue weighted by Gasteiger charge is -2.34. The molecule has 1 aromatic carbocycles. The third-order valence-electron chi connectivity index (χ3n) is 5.70. The molecule has 1 N–H and O–H groups in total. The second-order valence-electron chi connectivity index (χ2n) is 7.53. The Bertz CT molecular complexity index is 817. The van der Waals surface area contributed by atoms with E-state index >= 15 is 0 Å². The number of hydrogen-bond donors (Lipinski definition) is 1. The molecule has 2 amide bonds. The summed E-state index contributed by atoms with van der Waals surface area (Å²) >= 11 is 0. The summed E-state index contributed by atoms with van der Waals surface area (Å²) in [7, 11) is 1.70. The van der Waals surface area contributed by atoms with E-state index in [1.54, 1.807) is 7.11 Å². The highest BCUT2D eigenvalue weighted by Crippen LogP contribution is 2.29. The van der Waals surface area contributed by atoms with E-state index in [0.29, 0.717) is 6.54 Å². The van der Waals surface area contributed by atoms with E-state index in [0.717, 1.165) is 62.6 Å². The van der Waals surface area contributed by atoms with Crippen LogP contribution >= 0.6 is 0 Å². The van der Waals surface area contributed by atoms with E-state index < -0.39 is 0 Å². The Kier molecular flexibility index (Phi) is 5.76. The predicted octanol–water partition coefficient (Wildman–Crippen LogP) is 2.61. The molecule has 148 valence electrons. The fourth-order valence-electron chi connectivity index (χ4n) is 4.09. The minimum Gasteiger partial charge on any atom is -0.496 e. The molecule has 0 saturated carbocycles. The van der Waals surface area contributed by atoms with Crippen molar-refractivity contribution in [1.82, 2.24) is 20.1 Å². The molecule has 2 aromatic rings. The third-order valence-corrected chi connectivity index (χ3v) is 5.70. The van der Waals surface area contributed by atoms with Crippen LogP contribution in [0.1, 0.15) is 28.8 Å². The fraction of sp³-hybridized carbons (Fsp3) is 0.455. The van der Waals surface area contributed by atoms with Crippen LogP contribution in [0, 0.1) is 0 Å². The normalized spacial score (nSPS) is 16.7. The van der Waals surface area contributed by atoms with Crippen molar-refractivity contribution < 1.29 is 9.53 Å². The van der Waals surface area contributed by atoms with Gasteiger partial charge in [0.25, 0.3) is 0 Å². The number of rotatable bonds is 5. The molecular weight excluding hydrogens is 352 g/mol. The molecule has 0 atom stereocenters. The van der Waals surface area contributed by atoms with Crippen molar-refractivity contribution >= 4 is 6.03 Å². The minimum atomic E-state index is 0.0000349. The van der Waals surface area contributed by atoms with Gasteiger partial charge in [-0.3, -0.25) is 9.88 Å². The Morgan fingerprint density at radius 1 is 1.14 bits per heavy atom. The van der Waals surface area contributed by atoms with E-state index in [1.165, 1.54) is 17.5 Å². The van der Waals surface area contributed by atoms with Gasteiger partial charge in [0, 0.05) is 51.0 Å². The van der Waals surface area contributed by atoms with Gasteiger partial charge in [-0.05, 0) is 48.6 Å². The second-order valence-corrected chi connectivity index (χ2v) is 7.53. The number of pyridine rings is 1. The number of benzene rings is 1. The maximum atomic E-state index is 12.6. The first-order chi connectivity index (χ1) is 13.7. The summed E-state index contributed by atoms with van der Waals surface area (Å²) in [6.07, 6.45) is 5.28. The Balaban J connectivity index is 1.28. The minimum absolute atomic E-state index is 0.0000349. The highest BCUT2D eigenvalue weighted by atomic mass is 16.5. The van der Waals surface area contributed by atoms with Crippen molar-refractivity contribution in [1.29, 1.82) is 0 Å². The zero-order valence-corrected chi connectivity index (χ0v) is 16.5. The molecule has 0 unspecified atom stereocenters. The molecule has 28 heavy (non-hydrogen) atoms. The smallest absolute Gasteiger partial charge is 0.317 e. The molecule has 0 spiro atoms. The van der Waals surface area contributed by atoms with Crippen LogP contribution in [0.25, 0.3) is 0 Å². The van der Waals surface area contributed by atoms with Gasteiger partial charge >= 0.3 is 6.03 Å².